The van der Waals surface area contributed by atoms with Crippen molar-refractivity contribution >= 4 is 5.97 Å². The fourth-order valence-electron chi connectivity index (χ4n) is 3.73. The highest BCUT2D eigenvalue weighted by molar-refractivity contribution is 5.69. The van der Waals surface area contributed by atoms with Crippen LogP contribution < -0.4 is 0 Å². The Balaban J connectivity index is 2.07. The van der Waals surface area contributed by atoms with Crippen LogP contribution in [0.25, 0.3) is 0 Å². The third-order valence-electron chi connectivity index (χ3n) is 4.56. The zero-order valence-corrected chi connectivity index (χ0v) is 10.9. The molecule has 1 aliphatic carbocycles. The molecule has 1 aromatic rings. The molecule has 1 aromatic carbocycles. The molecule has 2 aliphatic rings. The van der Waals surface area contributed by atoms with Crippen LogP contribution in [-0.4, -0.2) is 29.1 Å². The van der Waals surface area contributed by atoms with Crippen LogP contribution >= 0.6 is 0 Å². The van der Waals surface area contributed by atoms with E-state index >= 15 is 0 Å². The number of hydrogen-bond donors (Lipinski definition) is 1. The Morgan fingerprint density at radius 2 is 2.11 bits per heavy atom. The van der Waals surface area contributed by atoms with Gasteiger partial charge in [-0.1, -0.05) is 12.1 Å². The molecule has 1 aliphatic heterocycles. The molecule has 0 saturated carbocycles. The van der Waals surface area contributed by atoms with Crippen molar-refractivity contribution in [3.05, 3.63) is 35.1 Å². The van der Waals surface area contributed by atoms with Crippen LogP contribution in [0.5, 0.6) is 0 Å². The molecule has 1 saturated heterocycles. The summed E-state index contributed by atoms with van der Waals surface area (Å²) in [5.41, 5.74) is 1.13. The second-order valence-corrected chi connectivity index (χ2v) is 5.56. The molecule has 1 unspecified atom stereocenters. The first kappa shape index (κ1) is 12.6. The quantitative estimate of drug-likeness (QED) is 0.911. The molecule has 0 aromatic heterocycles. The minimum atomic E-state index is -0.802. The van der Waals surface area contributed by atoms with E-state index in [9.17, 15) is 14.3 Å². The van der Waals surface area contributed by atoms with E-state index in [1.54, 1.807) is 6.07 Å². The SMILES string of the molecule is O=C(O)CC1(N2CCCC2)CCc2c(F)cccc21. The number of carboxylic acids is 1. The lowest BCUT2D eigenvalue weighted by Gasteiger charge is -2.38. The van der Waals surface area contributed by atoms with Crippen molar-refractivity contribution in [1.29, 1.82) is 0 Å². The number of likely N-dealkylation sites (tertiary alicyclic amines) is 1. The molecule has 0 bridgehead atoms. The van der Waals surface area contributed by atoms with Crippen molar-refractivity contribution in [2.75, 3.05) is 13.1 Å². The number of aliphatic carboxylic acids is 1. The standard InChI is InChI=1S/C15H18FNO2/c16-13-5-3-4-12-11(13)6-7-15(12,10-14(18)19)17-8-1-2-9-17/h3-5H,1-2,6-10H2,(H,18,19). The van der Waals surface area contributed by atoms with Crippen molar-refractivity contribution < 1.29 is 14.3 Å². The summed E-state index contributed by atoms with van der Waals surface area (Å²) in [5.74, 6) is -0.993. The first-order valence-corrected chi connectivity index (χ1v) is 6.88. The van der Waals surface area contributed by atoms with E-state index in [1.807, 2.05) is 6.07 Å². The molecule has 3 rings (SSSR count). The summed E-state index contributed by atoms with van der Waals surface area (Å²) in [7, 11) is 0. The van der Waals surface area contributed by atoms with Crippen molar-refractivity contribution in [2.45, 2.75) is 37.6 Å². The molecule has 3 nitrogen and oxygen atoms in total. The summed E-state index contributed by atoms with van der Waals surface area (Å²) in [5, 5.41) is 9.27. The Bertz CT molecular complexity index is 511. The number of fused-ring (bicyclic) bond motifs is 1. The maximum absolute atomic E-state index is 13.9. The van der Waals surface area contributed by atoms with Gasteiger partial charge in [-0.05, 0) is 56.0 Å². The molecule has 0 spiro atoms. The summed E-state index contributed by atoms with van der Waals surface area (Å²) in [6.45, 7) is 1.84. The van der Waals surface area contributed by atoms with Crippen LogP contribution in [-0.2, 0) is 16.8 Å². The fourth-order valence-corrected chi connectivity index (χ4v) is 3.73. The number of carbonyl (C=O) groups is 1. The largest absolute Gasteiger partial charge is 0.481 e. The minimum Gasteiger partial charge on any atom is -0.481 e. The smallest absolute Gasteiger partial charge is 0.305 e. The van der Waals surface area contributed by atoms with Gasteiger partial charge < -0.3 is 5.11 Å². The Kier molecular flexibility index (Phi) is 3.05. The van der Waals surface area contributed by atoms with Crippen LogP contribution in [0.3, 0.4) is 0 Å². The van der Waals surface area contributed by atoms with E-state index in [1.165, 1.54) is 6.07 Å². The van der Waals surface area contributed by atoms with Crippen LogP contribution in [0.4, 0.5) is 4.39 Å². The van der Waals surface area contributed by atoms with Gasteiger partial charge >= 0.3 is 5.97 Å². The number of carboxylic acid groups (broad SMARTS) is 1. The number of benzene rings is 1. The molecule has 1 atom stereocenters. The predicted molar refractivity (Wildman–Crippen MR) is 69.5 cm³/mol. The molecule has 4 heteroatoms. The highest BCUT2D eigenvalue weighted by Gasteiger charge is 2.46. The first-order chi connectivity index (χ1) is 9.13. The van der Waals surface area contributed by atoms with Crippen LogP contribution in [0.2, 0.25) is 0 Å². The fraction of sp³-hybridized carbons (Fsp3) is 0.533. The molecule has 19 heavy (non-hydrogen) atoms. The lowest BCUT2D eigenvalue weighted by molar-refractivity contribution is -0.140. The summed E-state index contributed by atoms with van der Waals surface area (Å²) >= 11 is 0. The van der Waals surface area contributed by atoms with E-state index in [0.717, 1.165) is 43.5 Å². The highest BCUT2D eigenvalue weighted by Crippen LogP contribution is 2.46. The Hall–Kier alpha value is -1.42. The van der Waals surface area contributed by atoms with E-state index < -0.39 is 11.5 Å². The van der Waals surface area contributed by atoms with Gasteiger partial charge in [0.25, 0.3) is 0 Å². The first-order valence-electron chi connectivity index (χ1n) is 6.88. The second-order valence-electron chi connectivity index (χ2n) is 5.56. The Morgan fingerprint density at radius 1 is 1.37 bits per heavy atom. The van der Waals surface area contributed by atoms with Crippen LogP contribution in [0.1, 0.15) is 36.8 Å². The number of nitrogens with zero attached hydrogens (tertiary/aromatic N) is 1. The highest BCUT2D eigenvalue weighted by atomic mass is 19.1. The van der Waals surface area contributed by atoms with Gasteiger partial charge in [-0.25, -0.2) is 4.39 Å². The predicted octanol–water partition coefficient (Wildman–Crippen LogP) is 2.54. The van der Waals surface area contributed by atoms with Gasteiger partial charge in [0, 0.05) is 0 Å². The van der Waals surface area contributed by atoms with Crippen LogP contribution in [0.15, 0.2) is 18.2 Å². The molecule has 1 heterocycles. The second kappa shape index (κ2) is 4.60. The Labute approximate surface area is 112 Å². The van der Waals surface area contributed by atoms with Crippen molar-refractivity contribution in [1.82, 2.24) is 4.90 Å². The zero-order valence-electron chi connectivity index (χ0n) is 10.9. The van der Waals surface area contributed by atoms with Gasteiger partial charge in [-0.2, -0.15) is 0 Å². The molecular formula is C15H18FNO2. The lowest BCUT2D eigenvalue weighted by atomic mass is 9.86. The summed E-state index contributed by atoms with van der Waals surface area (Å²) in [6, 6.07) is 5.08. The molecule has 1 N–H and O–H groups in total. The average molecular weight is 263 g/mol. The van der Waals surface area contributed by atoms with E-state index in [2.05, 4.69) is 4.90 Å². The summed E-state index contributed by atoms with van der Waals surface area (Å²) in [6.07, 6.45) is 3.64. The van der Waals surface area contributed by atoms with E-state index in [4.69, 9.17) is 0 Å². The van der Waals surface area contributed by atoms with E-state index in [0.29, 0.717) is 6.42 Å². The van der Waals surface area contributed by atoms with Gasteiger partial charge in [0.2, 0.25) is 0 Å². The monoisotopic (exact) mass is 263 g/mol. The minimum absolute atomic E-state index is 0.0729. The maximum Gasteiger partial charge on any atom is 0.305 e. The van der Waals surface area contributed by atoms with Crippen molar-refractivity contribution in [2.24, 2.45) is 0 Å². The molecular weight excluding hydrogens is 245 g/mol. The third kappa shape index (κ3) is 1.94. The normalized spacial score (nSPS) is 26.6. The molecule has 0 radical (unpaired) electrons. The topological polar surface area (TPSA) is 40.5 Å². The van der Waals surface area contributed by atoms with Gasteiger partial charge in [-0.3, -0.25) is 9.69 Å². The molecule has 102 valence electrons. The van der Waals surface area contributed by atoms with Gasteiger partial charge in [-0.15, -0.1) is 0 Å². The molecule has 1 fully saturated rings. The molecule has 0 amide bonds. The average Bonchev–Trinajstić information content (AvgIpc) is 2.98. The van der Waals surface area contributed by atoms with Crippen LogP contribution in [0, 0.1) is 5.82 Å². The van der Waals surface area contributed by atoms with Gasteiger partial charge in [0.15, 0.2) is 0 Å². The van der Waals surface area contributed by atoms with E-state index in [-0.39, 0.29) is 12.2 Å². The lowest BCUT2D eigenvalue weighted by Crippen LogP contribution is -2.44. The number of hydrogen-bond acceptors (Lipinski definition) is 2. The Morgan fingerprint density at radius 3 is 2.79 bits per heavy atom. The maximum atomic E-state index is 13.9. The number of halogens is 1. The van der Waals surface area contributed by atoms with Crippen molar-refractivity contribution in [3.63, 3.8) is 0 Å². The van der Waals surface area contributed by atoms with Gasteiger partial charge in [0.05, 0.1) is 12.0 Å². The third-order valence-corrected chi connectivity index (χ3v) is 4.56. The summed E-state index contributed by atoms with van der Waals surface area (Å²) in [4.78, 5) is 13.5. The zero-order chi connectivity index (χ0) is 13.5. The van der Waals surface area contributed by atoms with Crippen molar-refractivity contribution in [3.8, 4) is 0 Å². The van der Waals surface area contributed by atoms with Gasteiger partial charge in [0.1, 0.15) is 5.82 Å². The summed E-state index contributed by atoms with van der Waals surface area (Å²) < 4.78 is 13.9. The number of rotatable bonds is 3.